The third kappa shape index (κ3) is 5.56. The molecule has 0 aromatic rings. The van der Waals surface area contributed by atoms with Crippen molar-refractivity contribution in [2.75, 3.05) is 13.7 Å². The van der Waals surface area contributed by atoms with Crippen LogP contribution in [0.5, 0.6) is 0 Å². The minimum Gasteiger partial charge on any atom is -0.397 e. The van der Waals surface area contributed by atoms with Gasteiger partial charge in [-0.2, -0.15) is 0 Å². The van der Waals surface area contributed by atoms with E-state index in [9.17, 15) is 0 Å². The zero-order valence-electron chi connectivity index (χ0n) is 8.80. The predicted octanol–water partition coefficient (Wildman–Crippen LogP) is 1.64. The first-order valence-electron chi connectivity index (χ1n) is 4.93. The average Bonchev–Trinajstić information content (AvgIpc) is 2.67. The molecule has 1 aliphatic carbocycles. The highest BCUT2D eigenvalue weighted by Gasteiger charge is 2.35. The highest BCUT2D eigenvalue weighted by Crippen LogP contribution is 2.35. The Kier molecular flexibility index (Phi) is 6.39. The smallest absolute Gasteiger partial charge is 0.0402 e. The summed E-state index contributed by atoms with van der Waals surface area (Å²) in [7, 11) is 2.06. The van der Waals surface area contributed by atoms with Crippen LogP contribution in [0, 0.1) is 11.8 Å². The molecule has 1 fully saturated rings. The van der Waals surface area contributed by atoms with Crippen molar-refractivity contribution in [3.8, 4) is 0 Å². The molecule has 1 rings (SSSR count). The van der Waals surface area contributed by atoms with Gasteiger partial charge >= 0.3 is 0 Å². The van der Waals surface area contributed by atoms with Crippen LogP contribution in [0.15, 0.2) is 0 Å². The predicted molar refractivity (Wildman–Crippen MR) is 53.2 cm³/mol. The minimum absolute atomic E-state index is 0.250. The highest BCUT2D eigenvalue weighted by atomic mass is 16.2. The molecule has 0 aromatic carbocycles. The number of aliphatic hydroxyl groups is 1. The maximum atomic E-state index is 7.57. The molecular formula is C10H23NO. The molecule has 0 radical (unpaired) electrons. The molecule has 2 atom stereocenters. The van der Waals surface area contributed by atoms with E-state index in [4.69, 9.17) is 5.11 Å². The third-order valence-electron chi connectivity index (χ3n) is 2.07. The van der Waals surface area contributed by atoms with E-state index in [-0.39, 0.29) is 6.61 Å². The summed E-state index contributed by atoms with van der Waals surface area (Å²) in [6.45, 7) is 6.52. The number of nitrogens with one attached hydrogen (secondary N) is 1. The minimum atomic E-state index is 0.250. The fraction of sp³-hybridized carbons (Fsp3) is 1.00. The quantitative estimate of drug-likeness (QED) is 0.680. The maximum Gasteiger partial charge on any atom is 0.0402 e. The van der Waals surface area contributed by atoms with Gasteiger partial charge < -0.3 is 10.4 Å². The summed E-state index contributed by atoms with van der Waals surface area (Å²) in [6.07, 6.45) is 2.82. The van der Waals surface area contributed by atoms with Crippen LogP contribution in [0.4, 0.5) is 0 Å². The summed E-state index contributed by atoms with van der Waals surface area (Å²) >= 11 is 0. The summed E-state index contributed by atoms with van der Waals surface area (Å²) in [5.74, 6) is 1.88. The Morgan fingerprint density at radius 1 is 1.50 bits per heavy atom. The highest BCUT2D eigenvalue weighted by molar-refractivity contribution is 4.92. The first kappa shape index (κ1) is 11.9. The Bertz CT molecular complexity index is 104. The second kappa shape index (κ2) is 6.44. The number of hydrogen-bond donors (Lipinski definition) is 2. The molecule has 2 nitrogen and oxygen atoms in total. The molecule has 0 aliphatic heterocycles. The Morgan fingerprint density at radius 3 is 2.25 bits per heavy atom. The monoisotopic (exact) mass is 173 g/mol. The maximum absolute atomic E-state index is 7.57. The number of aliphatic hydroxyl groups excluding tert-OH is 1. The number of hydrogen-bond acceptors (Lipinski definition) is 2. The molecule has 0 saturated heterocycles. The third-order valence-corrected chi connectivity index (χ3v) is 2.07. The van der Waals surface area contributed by atoms with E-state index >= 15 is 0 Å². The molecule has 2 unspecified atom stereocenters. The van der Waals surface area contributed by atoms with E-state index in [1.54, 1.807) is 6.92 Å². The van der Waals surface area contributed by atoms with Gasteiger partial charge in [0.2, 0.25) is 0 Å². The first-order chi connectivity index (χ1) is 5.65. The van der Waals surface area contributed by atoms with Crippen LogP contribution in [0.2, 0.25) is 0 Å². The van der Waals surface area contributed by atoms with E-state index in [0.717, 1.165) is 17.9 Å². The Hall–Kier alpha value is -0.0800. The Balaban J connectivity index is 0.000000354. The fourth-order valence-electron chi connectivity index (χ4n) is 1.47. The molecule has 2 heteroatoms. The van der Waals surface area contributed by atoms with Crippen molar-refractivity contribution in [3.63, 3.8) is 0 Å². The van der Waals surface area contributed by atoms with Crippen LogP contribution >= 0.6 is 0 Å². The lowest BCUT2D eigenvalue weighted by Gasteiger charge is -2.01. The average molecular weight is 173 g/mol. The van der Waals surface area contributed by atoms with Gasteiger partial charge in [0.05, 0.1) is 0 Å². The van der Waals surface area contributed by atoms with Crippen LogP contribution in [-0.4, -0.2) is 24.8 Å². The molecule has 0 heterocycles. The summed E-state index contributed by atoms with van der Waals surface area (Å²) in [5.41, 5.74) is 0. The van der Waals surface area contributed by atoms with Crippen LogP contribution in [-0.2, 0) is 0 Å². The largest absolute Gasteiger partial charge is 0.397 e. The van der Waals surface area contributed by atoms with Gasteiger partial charge in [0.1, 0.15) is 0 Å². The van der Waals surface area contributed by atoms with E-state index in [1.807, 2.05) is 0 Å². The zero-order valence-corrected chi connectivity index (χ0v) is 8.80. The summed E-state index contributed by atoms with van der Waals surface area (Å²) in [6, 6.07) is 0.854. The molecule has 0 aromatic heterocycles. The van der Waals surface area contributed by atoms with Gasteiger partial charge in [-0.25, -0.2) is 0 Å². The van der Waals surface area contributed by atoms with E-state index in [2.05, 4.69) is 26.2 Å². The molecule has 0 spiro atoms. The van der Waals surface area contributed by atoms with Gasteiger partial charge in [-0.3, -0.25) is 0 Å². The van der Waals surface area contributed by atoms with Crippen LogP contribution in [0.25, 0.3) is 0 Å². The lowest BCUT2D eigenvalue weighted by molar-refractivity contribution is 0.318. The van der Waals surface area contributed by atoms with Crippen molar-refractivity contribution in [2.45, 2.75) is 39.7 Å². The molecule has 12 heavy (non-hydrogen) atoms. The second-order valence-electron chi connectivity index (χ2n) is 3.84. The standard InChI is InChI=1S/C8H17N.C2H6O/c1-6(2)4-7-5-8(7)9-3;1-2-3/h6-9H,4-5H2,1-3H3;3H,2H2,1H3. The van der Waals surface area contributed by atoms with E-state index in [1.165, 1.54) is 12.8 Å². The lowest BCUT2D eigenvalue weighted by atomic mass is 10.1. The molecule has 1 aliphatic rings. The lowest BCUT2D eigenvalue weighted by Crippen LogP contribution is -2.11. The summed E-state index contributed by atoms with van der Waals surface area (Å²) in [5, 5.41) is 10.9. The van der Waals surface area contributed by atoms with E-state index in [0.29, 0.717) is 0 Å². The van der Waals surface area contributed by atoms with Crippen molar-refractivity contribution in [2.24, 2.45) is 11.8 Å². The van der Waals surface area contributed by atoms with Crippen molar-refractivity contribution >= 4 is 0 Å². The van der Waals surface area contributed by atoms with Gasteiger partial charge in [0.25, 0.3) is 0 Å². The van der Waals surface area contributed by atoms with Crippen molar-refractivity contribution < 1.29 is 5.11 Å². The van der Waals surface area contributed by atoms with Crippen LogP contribution < -0.4 is 5.32 Å². The van der Waals surface area contributed by atoms with Crippen molar-refractivity contribution in [3.05, 3.63) is 0 Å². The fourth-order valence-corrected chi connectivity index (χ4v) is 1.47. The van der Waals surface area contributed by atoms with Crippen molar-refractivity contribution in [1.29, 1.82) is 0 Å². The Labute approximate surface area is 76.4 Å². The van der Waals surface area contributed by atoms with E-state index < -0.39 is 0 Å². The summed E-state index contributed by atoms with van der Waals surface area (Å²) in [4.78, 5) is 0. The van der Waals surface area contributed by atoms with Gasteiger partial charge in [-0.05, 0) is 38.6 Å². The molecule has 1 saturated carbocycles. The topological polar surface area (TPSA) is 32.3 Å². The molecule has 74 valence electrons. The second-order valence-corrected chi connectivity index (χ2v) is 3.84. The summed E-state index contributed by atoms with van der Waals surface area (Å²) < 4.78 is 0. The van der Waals surface area contributed by atoms with Crippen LogP contribution in [0.3, 0.4) is 0 Å². The normalized spacial score (nSPS) is 26.5. The first-order valence-corrected chi connectivity index (χ1v) is 4.93. The SMILES string of the molecule is CCO.CNC1CC1CC(C)C. The molecule has 0 amide bonds. The molecule has 0 bridgehead atoms. The van der Waals surface area contributed by atoms with Gasteiger partial charge in [0, 0.05) is 12.6 Å². The molecular weight excluding hydrogens is 150 g/mol. The Morgan fingerprint density at radius 2 is 2.00 bits per heavy atom. The van der Waals surface area contributed by atoms with Crippen molar-refractivity contribution in [1.82, 2.24) is 5.32 Å². The van der Waals surface area contributed by atoms with Gasteiger partial charge in [-0.1, -0.05) is 13.8 Å². The van der Waals surface area contributed by atoms with Gasteiger partial charge in [0.15, 0.2) is 0 Å². The van der Waals surface area contributed by atoms with Gasteiger partial charge in [-0.15, -0.1) is 0 Å². The number of rotatable bonds is 3. The zero-order chi connectivity index (χ0) is 9.56. The molecule has 2 N–H and O–H groups in total. The van der Waals surface area contributed by atoms with Crippen LogP contribution in [0.1, 0.15) is 33.6 Å².